The quantitative estimate of drug-likeness (QED) is 0.776. The number of H-pyrrole nitrogens is 1. The van der Waals surface area contributed by atoms with Crippen LogP contribution in [0, 0.1) is 13.8 Å². The van der Waals surface area contributed by atoms with Crippen molar-refractivity contribution in [1.82, 2.24) is 15.0 Å². The van der Waals surface area contributed by atoms with Crippen molar-refractivity contribution in [3.05, 3.63) is 17.6 Å². The maximum atomic E-state index is 4.49. The van der Waals surface area contributed by atoms with Gasteiger partial charge >= 0.3 is 0 Å². The summed E-state index contributed by atoms with van der Waals surface area (Å²) in [6, 6.07) is 2.03. The van der Waals surface area contributed by atoms with Crippen LogP contribution in [0.3, 0.4) is 0 Å². The molecule has 0 unspecified atom stereocenters. The van der Waals surface area contributed by atoms with Gasteiger partial charge in [-0.25, -0.2) is 9.97 Å². The molecule has 4 nitrogen and oxygen atoms in total. The molecule has 0 aliphatic heterocycles. The van der Waals surface area contributed by atoms with E-state index in [2.05, 4.69) is 27.2 Å². The number of hydrogen-bond acceptors (Lipinski definition) is 3. The van der Waals surface area contributed by atoms with Crippen LogP contribution in [0.15, 0.2) is 6.07 Å². The molecular weight excluding hydrogens is 200 g/mol. The highest BCUT2D eigenvalue weighted by molar-refractivity contribution is 5.86. The highest BCUT2D eigenvalue weighted by Crippen LogP contribution is 2.20. The minimum absolute atomic E-state index is 0.896. The molecule has 0 aromatic carbocycles. The molecule has 4 heteroatoms. The lowest BCUT2D eigenvalue weighted by molar-refractivity contribution is 0.831. The molecule has 16 heavy (non-hydrogen) atoms. The number of imidazole rings is 1. The second-order valence-electron chi connectivity index (χ2n) is 4.11. The summed E-state index contributed by atoms with van der Waals surface area (Å²) >= 11 is 0. The monoisotopic (exact) mass is 218 g/mol. The Balaban J connectivity index is 2.34. The zero-order valence-corrected chi connectivity index (χ0v) is 10.1. The van der Waals surface area contributed by atoms with Crippen molar-refractivity contribution in [2.45, 2.75) is 33.6 Å². The largest absolute Gasteiger partial charge is 0.368 e. The van der Waals surface area contributed by atoms with E-state index in [9.17, 15) is 0 Å². The van der Waals surface area contributed by atoms with Crippen molar-refractivity contribution in [3.63, 3.8) is 0 Å². The molecule has 2 aromatic heterocycles. The first-order valence-corrected chi connectivity index (χ1v) is 5.78. The molecule has 0 fully saturated rings. The number of anilines is 1. The number of nitrogens with zero attached hydrogens (tertiary/aromatic N) is 2. The molecular formula is C12H18N4. The first kappa shape index (κ1) is 10.9. The van der Waals surface area contributed by atoms with Gasteiger partial charge in [0.05, 0.1) is 5.52 Å². The Kier molecular flexibility index (Phi) is 3.08. The molecule has 0 aliphatic rings. The minimum atomic E-state index is 0.896. The van der Waals surface area contributed by atoms with Gasteiger partial charge in [-0.15, -0.1) is 0 Å². The number of unbranched alkanes of at least 4 members (excludes halogenated alkanes) is 1. The van der Waals surface area contributed by atoms with Crippen LogP contribution in [0.25, 0.3) is 11.0 Å². The van der Waals surface area contributed by atoms with Gasteiger partial charge in [0.1, 0.15) is 11.3 Å². The smallest absolute Gasteiger partial charge is 0.154 e. The van der Waals surface area contributed by atoms with Crippen LogP contribution in [0.1, 0.15) is 31.3 Å². The summed E-state index contributed by atoms with van der Waals surface area (Å²) in [5.74, 6) is 1.83. The van der Waals surface area contributed by atoms with Crippen molar-refractivity contribution >= 4 is 16.9 Å². The predicted octanol–water partition coefficient (Wildman–Crippen LogP) is 2.79. The van der Waals surface area contributed by atoms with E-state index in [-0.39, 0.29) is 0 Å². The average Bonchev–Trinajstić information content (AvgIpc) is 2.58. The van der Waals surface area contributed by atoms with Crippen molar-refractivity contribution in [1.29, 1.82) is 0 Å². The normalized spacial score (nSPS) is 10.9. The Hall–Kier alpha value is -1.58. The molecule has 0 bridgehead atoms. The van der Waals surface area contributed by atoms with E-state index in [1.165, 1.54) is 6.42 Å². The summed E-state index contributed by atoms with van der Waals surface area (Å²) in [7, 11) is 0. The zero-order valence-electron chi connectivity index (χ0n) is 10.1. The fraction of sp³-hybridized carbons (Fsp3) is 0.500. The van der Waals surface area contributed by atoms with Crippen LogP contribution in [-0.2, 0) is 0 Å². The lowest BCUT2D eigenvalue weighted by atomic mass is 10.3. The van der Waals surface area contributed by atoms with E-state index in [1.807, 2.05) is 19.9 Å². The van der Waals surface area contributed by atoms with Crippen molar-refractivity contribution < 1.29 is 0 Å². The number of aromatic nitrogens is 3. The molecule has 0 saturated carbocycles. The molecule has 0 amide bonds. The maximum Gasteiger partial charge on any atom is 0.154 e. The summed E-state index contributed by atoms with van der Waals surface area (Å²) < 4.78 is 0. The molecule has 2 N–H and O–H groups in total. The van der Waals surface area contributed by atoms with Gasteiger partial charge in [-0.05, 0) is 26.3 Å². The van der Waals surface area contributed by atoms with Gasteiger partial charge in [0.15, 0.2) is 5.82 Å². The number of aryl methyl sites for hydroxylation is 2. The number of nitrogens with one attached hydrogen (secondary N) is 2. The van der Waals surface area contributed by atoms with Gasteiger partial charge in [-0.2, -0.15) is 0 Å². The van der Waals surface area contributed by atoms with Crippen LogP contribution < -0.4 is 5.32 Å². The zero-order chi connectivity index (χ0) is 11.5. The fourth-order valence-electron chi connectivity index (χ4n) is 1.77. The predicted molar refractivity (Wildman–Crippen MR) is 66.8 cm³/mol. The van der Waals surface area contributed by atoms with Crippen molar-refractivity contribution in [3.8, 4) is 0 Å². The van der Waals surface area contributed by atoms with E-state index in [0.29, 0.717) is 0 Å². The van der Waals surface area contributed by atoms with E-state index in [1.54, 1.807) is 0 Å². The molecule has 0 saturated heterocycles. The first-order valence-electron chi connectivity index (χ1n) is 5.78. The minimum Gasteiger partial charge on any atom is -0.368 e. The second kappa shape index (κ2) is 4.51. The summed E-state index contributed by atoms with van der Waals surface area (Å²) in [5.41, 5.74) is 3.01. The Morgan fingerprint density at radius 3 is 2.88 bits per heavy atom. The van der Waals surface area contributed by atoms with Crippen LogP contribution >= 0.6 is 0 Å². The highest BCUT2D eigenvalue weighted by atomic mass is 15.0. The molecule has 0 atom stereocenters. The number of rotatable bonds is 4. The number of hydrogen-bond donors (Lipinski definition) is 2. The van der Waals surface area contributed by atoms with Gasteiger partial charge in [-0.1, -0.05) is 13.3 Å². The van der Waals surface area contributed by atoms with Gasteiger partial charge in [-0.3, -0.25) is 0 Å². The van der Waals surface area contributed by atoms with E-state index >= 15 is 0 Å². The fourth-order valence-corrected chi connectivity index (χ4v) is 1.77. The third kappa shape index (κ3) is 2.15. The van der Waals surface area contributed by atoms with E-state index < -0.39 is 0 Å². The molecule has 0 radical (unpaired) electrons. The molecule has 2 aromatic rings. The van der Waals surface area contributed by atoms with Crippen LogP contribution in [-0.4, -0.2) is 21.5 Å². The topological polar surface area (TPSA) is 53.6 Å². The Morgan fingerprint density at radius 1 is 1.31 bits per heavy atom. The van der Waals surface area contributed by atoms with Crippen LogP contribution in [0.4, 0.5) is 5.82 Å². The van der Waals surface area contributed by atoms with Gasteiger partial charge < -0.3 is 10.3 Å². The van der Waals surface area contributed by atoms with E-state index in [4.69, 9.17) is 0 Å². The third-order valence-electron chi connectivity index (χ3n) is 2.54. The first-order chi connectivity index (χ1) is 7.70. The standard InChI is InChI=1S/C12H18N4/c1-4-5-6-13-12-11-10(7-8(2)14-12)15-9(3)16-11/h7H,4-6H2,1-3H3,(H,13,14)(H,15,16). The number of pyridine rings is 1. The summed E-state index contributed by atoms with van der Waals surface area (Å²) in [4.78, 5) is 12.2. The SMILES string of the molecule is CCCCNc1nc(C)cc2[nH]c(C)nc12. The van der Waals surface area contributed by atoms with Crippen LogP contribution in [0.2, 0.25) is 0 Å². The lowest BCUT2D eigenvalue weighted by Crippen LogP contribution is -2.04. The summed E-state index contributed by atoms with van der Waals surface area (Å²) in [5, 5.41) is 3.35. The number of fused-ring (bicyclic) bond motifs is 1. The van der Waals surface area contributed by atoms with E-state index in [0.717, 1.165) is 41.3 Å². The van der Waals surface area contributed by atoms with Crippen molar-refractivity contribution in [2.24, 2.45) is 0 Å². The summed E-state index contributed by atoms with van der Waals surface area (Å²) in [6.07, 6.45) is 2.34. The molecule has 0 aliphatic carbocycles. The lowest BCUT2D eigenvalue weighted by Gasteiger charge is -2.06. The van der Waals surface area contributed by atoms with Gasteiger partial charge in [0.25, 0.3) is 0 Å². The maximum absolute atomic E-state index is 4.49. The van der Waals surface area contributed by atoms with Crippen LogP contribution in [0.5, 0.6) is 0 Å². The Bertz CT molecular complexity index is 487. The molecule has 2 heterocycles. The average molecular weight is 218 g/mol. The Morgan fingerprint density at radius 2 is 2.12 bits per heavy atom. The van der Waals surface area contributed by atoms with Crippen molar-refractivity contribution in [2.75, 3.05) is 11.9 Å². The third-order valence-corrected chi connectivity index (χ3v) is 2.54. The molecule has 2 rings (SSSR count). The highest BCUT2D eigenvalue weighted by Gasteiger charge is 2.07. The molecule has 86 valence electrons. The van der Waals surface area contributed by atoms with Gasteiger partial charge in [0, 0.05) is 12.2 Å². The van der Waals surface area contributed by atoms with Gasteiger partial charge in [0.2, 0.25) is 0 Å². The summed E-state index contributed by atoms with van der Waals surface area (Å²) in [6.45, 7) is 7.10. The Labute approximate surface area is 95.5 Å². The number of aromatic amines is 1. The second-order valence-corrected chi connectivity index (χ2v) is 4.11. The molecule has 0 spiro atoms.